The van der Waals surface area contributed by atoms with Gasteiger partial charge in [0.2, 0.25) is 5.60 Å². The summed E-state index contributed by atoms with van der Waals surface area (Å²) >= 11 is 0. The van der Waals surface area contributed by atoms with E-state index in [-0.39, 0.29) is 16.3 Å². The molecule has 3 aliphatic heterocycles. The average Bonchev–Trinajstić information content (AvgIpc) is 3.57. The summed E-state index contributed by atoms with van der Waals surface area (Å²) in [6, 6.07) is 12.2. The van der Waals surface area contributed by atoms with Gasteiger partial charge in [0.05, 0.1) is 19.1 Å². The quantitative estimate of drug-likeness (QED) is 0.409. The zero-order valence-corrected chi connectivity index (χ0v) is 26.3. The largest absolute Gasteiger partial charge is 0.497 e. The Hall–Kier alpha value is -3.94. The molecule has 0 saturated carbocycles. The third-order valence-corrected chi connectivity index (χ3v) is 10.6. The van der Waals surface area contributed by atoms with Gasteiger partial charge in [0, 0.05) is 56.6 Å². The number of carbonyl (C=O) groups is 2. The summed E-state index contributed by atoms with van der Waals surface area (Å²) < 4.78 is 42.0. The number of nitrogens with zero attached hydrogens (tertiary/aromatic N) is 6. The number of imidazole rings is 1. The number of anilines is 1. The van der Waals surface area contributed by atoms with Crippen LogP contribution in [0.3, 0.4) is 0 Å². The maximum atomic E-state index is 14.7. The number of likely N-dealkylation sites (tertiary alicyclic amines) is 1. The molecule has 1 unspecified atom stereocenters. The molecular formula is C31H38N6O6S. The first-order valence-corrected chi connectivity index (χ1v) is 16.2. The van der Waals surface area contributed by atoms with Crippen LogP contribution in [-0.2, 0) is 32.2 Å². The first kappa shape index (κ1) is 30.1. The Morgan fingerprint density at radius 2 is 1.68 bits per heavy atom. The van der Waals surface area contributed by atoms with Gasteiger partial charge in [-0.25, -0.2) is 9.78 Å². The predicted molar refractivity (Wildman–Crippen MR) is 163 cm³/mol. The third kappa shape index (κ3) is 5.02. The Morgan fingerprint density at radius 1 is 0.977 bits per heavy atom. The minimum Gasteiger partial charge on any atom is -0.497 e. The molecular weight excluding hydrogens is 584 g/mol. The Labute approximate surface area is 257 Å². The van der Waals surface area contributed by atoms with E-state index in [0.29, 0.717) is 53.4 Å². The predicted octanol–water partition coefficient (Wildman–Crippen LogP) is 2.56. The fraction of sp³-hybridized carbons (Fsp3) is 0.452. The number of amides is 2. The van der Waals surface area contributed by atoms with E-state index in [1.165, 1.54) is 30.3 Å². The highest BCUT2D eigenvalue weighted by Gasteiger charge is 2.60. The molecule has 0 aliphatic carbocycles. The maximum absolute atomic E-state index is 14.7. The van der Waals surface area contributed by atoms with Gasteiger partial charge in [0.25, 0.3) is 15.9 Å². The number of sulfonamides is 1. The molecule has 1 aromatic heterocycles. The molecule has 2 fully saturated rings. The molecule has 0 radical (unpaired) electrons. The van der Waals surface area contributed by atoms with Crippen molar-refractivity contribution in [3.63, 3.8) is 0 Å². The minimum absolute atomic E-state index is 0.0737. The van der Waals surface area contributed by atoms with Crippen molar-refractivity contribution < 1.29 is 27.5 Å². The van der Waals surface area contributed by atoms with Crippen molar-refractivity contribution in [3.8, 4) is 5.75 Å². The Kier molecular flexibility index (Phi) is 7.89. The molecule has 0 N–H and O–H groups in total. The van der Waals surface area contributed by atoms with Gasteiger partial charge in [0.1, 0.15) is 5.75 Å². The number of piperidine rings is 1. The Morgan fingerprint density at radius 3 is 2.32 bits per heavy atom. The lowest BCUT2D eigenvalue weighted by atomic mass is 9.84. The zero-order valence-electron chi connectivity index (χ0n) is 25.5. The van der Waals surface area contributed by atoms with E-state index in [4.69, 9.17) is 9.47 Å². The van der Waals surface area contributed by atoms with E-state index in [2.05, 4.69) is 21.8 Å². The minimum atomic E-state index is -4.48. The molecule has 234 valence electrons. The van der Waals surface area contributed by atoms with Crippen LogP contribution in [0.5, 0.6) is 5.75 Å². The van der Waals surface area contributed by atoms with Crippen molar-refractivity contribution in [2.75, 3.05) is 57.7 Å². The number of benzene rings is 2. The molecule has 0 spiro atoms. The molecule has 0 bridgehead atoms. The fourth-order valence-corrected chi connectivity index (χ4v) is 7.96. The highest BCUT2D eigenvalue weighted by molar-refractivity contribution is 7.93. The monoisotopic (exact) mass is 622 g/mol. The van der Waals surface area contributed by atoms with Crippen LogP contribution < -0.4 is 9.04 Å². The number of rotatable bonds is 6. The van der Waals surface area contributed by atoms with Crippen molar-refractivity contribution in [1.29, 1.82) is 0 Å². The number of hydrogen-bond donors (Lipinski definition) is 0. The van der Waals surface area contributed by atoms with Gasteiger partial charge in [-0.15, -0.1) is 0 Å². The highest BCUT2D eigenvalue weighted by Crippen LogP contribution is 2.51. The smallest absolute Gasteiger partial charge is 0.411 e. The zero-order chi connectivity index (χ0) is 31.2. The number of aromatic nitrogens is 2. The second-order valence-corrected chi connectivity index (χ2v) is 13.5. The molecule has 44 heavy (non-hydrogen) atoms. The second-order valence-electron chi connectivity index (χ2n) is 11.8. The molecule has 13 heteroatoms. The van der Waals surface area contributed by atoms with E-state index in [1.807, 2.05) is 6.07 Å². The highest BCUT2D eigenvalue weighted by atomic mass is 32.2. The van der Waals surface area contributed by atoms with Crippen molar-refractivity contribution in [1.82, 2.24) is 24.3 Å². The number of piperazine rings is 1. The van der Waals surface area contributed by atoms with Crippen molar-refractivity contribution >= 4 is 27.7 Å². The lowest BCUT2D eigenvalue weighted by Crippen LogP contribution is -2.55. The normalized spacial score (nSPS) is 21.9. The van der Waals surface area contributed by atoms with Crippen LogP contribution in [-0.4, -0.2) is 104 Å². The standard InChI is InChI=1S/C31H38N6O6S/c1-22-7-5-6-8-25(22)31(43-30(39)36-17-15-35(16-18-36)23-11-13-33(2)14-12-23)26-19-24(42-4)9-10-27(26)37(29(31)38)44(40,41)28-20-34(3)21-32-28/h5-10,19-21,23H,11-18H2,1-4H3. The van der Waals surface area contributed by atoms with Crippen LogP contribution in [0.15, 0.2) is 60.0 Å². The first-order chi connectivity index (χ1) is 21.1. The number of methoxy groups -OCH3 is 1. The van der Waals surface area contributed by atoms with Crippen LogP contribution in [0.1, 0.15) is 29.5 Å². The molecule has 1 atom stereocenters. The van der Waals surface area contributed by atoms with Crippen LogP contribution in [0.25, 0.3) is 0 Å². The number of aryl methyl sites for hydroxylation is 2. The molecule has 2 aromatic carbocycles. The summed E-state index contributed by atoms with van der Waals surface area (Å²) in [6.07, 6.45) is 4.17. The van der Waals surface area contributed by atoms with Gasteiger partial charge in [-0.05, 0) is 63.7 Å². The third-order valence-electron chi connectivity index (χ3n) is 9.01. The SMILES string of the molecule is COc1ccc2c(c1)C(OC(=O)N1CCN(C3CCN(C)CC3)CC1)(c1ccccc1C)C(=O)N2S(=O)(=O)c1cn(C)cn1. The van der Waals surface area contributed by atoms with E-state index in [0.717, 1.165) is 25.9 Å². The molecule has 2 amide bonds. The van der Waals surface area contributed by atoms with Crippen molar-refractivity contribution in [2.24, 2.45) is 7.05 Å². The molecule has 2 saturated heterocycles. The van der Waals surface area contributed by atoms with Crippen LogP contribution >= 0.6 is 0 Å². The van der Waals surface area contributed by atoms with Gasteiger partial charge >= 0.3 is 6.09 Å². The Balaban J connectivity index is 1.39. The van der Waals surface area contributed by atoms with E-state index < -0.39 is 27.6 Å². The van der Waals surface area contributed by atoms with E-state index in [1.54, 1.807) is 49.2 Å². The van der Waals surface area contributed by atoms with Gasteiger partial charge in [-0.2, -0.15) is 12.7 Å². The lowest BCUT2D eigenvalue weighted by molar-refractivity contribution is -0.132. The molecule has 12 nitrogen and oxygen atoms in total. The van der Waals surface area contributed by atoms with Gasteiger partial charge in [-0.3, -0.25) is 9.69 Å². The second kappa shape index (κ2) is 11.5. The van der Waals surface area contributed by atoms with Crippen LogP contribution in [0, 0.1) is 6.92 Å². The van der Waals surface area contributed by atoms with Crippen molar-refractivity contribution in [2.45, 2.75) is 36.4 Å². The molecule has 6 rings (SSSR count). The van der Waals surface area contributed by atoms with Gasteiger partial charge in [0.15, 0.2) is 5.03 Å². The summed E-state index contributed by atoms with van der Waals surface area (Å²) in [6.45, 7) is 6.16. The summed E-state index contributed by atoms with van der Waals surface area (Å²) in [4.78, 5) is 39.1. The van der Waals surface area contributed by atoms with Gasteiger partial charge < -0.3 is 23.8 Å². The summed E-state index contributed by atoms with van der Waals surface area (Å²) in [5.74, 6) is -0.534. The maximum Gasteiger partial charge on any atom is 0.411 e. The molecule has 3 aliphatic rings. The van der Waals surface area contributed by atoms with E-state index in [9.17, 15) is 18.0 Å². The van der Waals surface area contributed by atoms with Gasteiger partial charge in [-0.1, -0.05) is 24.3 Å². The number of hydrogen-bond acceptors (Lipinski definition) is 9. The molecule has 4 heterocycles. The summed E-state index contributed by atoms with van der Waals surface area (Å²) in [5.41, 5.74) is -0.777. The Bertz CT molecular complexity index is 1680. The number of ether oxygens (including phenoxy) is 2. The fourth-order valence-electron chi connectivity index (χ4n) is 6.53. The average molecular weight is 623 g/mol. The first-order valence-electron chi connectivity index (χ1n) is 14.8. The van der Waals surface area contributed by atoms with Crippen molar-refractivity contribution in [3.05, 3.63) is 71.7 Å². The topological polar surface area (TPSA) is 118 Å². The molecule has 3 aromatic rings. The number of fused-ring (bicyclic) bond motifs is 1. The lowest BCUT2D eigenvalue weighted by Gasteiger charge is -2.42. The summed E-state index contributed by atoms with van der Waals surface area (Å²) in [7, 11) is 0.774. The van der Waals surface area contributed by atoms with E-state index >= 15 is 0 Å². The number of carbonyl (C=O) groups excluding carboxylic acids is 2. The summed E-state index contributed by atoms with van der Waals surface area (Å²) in [5, 5.41) is -0.299. The van der Waals surface area contributed by atoms with Crippen LogP contribution in [0.4, 0.5) is 10.5 Å². The van der Waals surface area contributed by atoms with Crippen LogP contribution in [0.2, 0.25) is 0 Å².